The Labute approximate surface area is 109 Å². The normalized spacial score (nSPS) is 10.3. The lowest BCUT2D eigenvalue weighted by atomic mass is 10.0. The number of carbonyl (C=O) groups excluding carboxylic acids is 1. The molecule has 2 rings (SSSR count). The number of aryl methyl sites for hydroxylation is 2. The maximum absolute atomic E-state index is 11.5. The summed E-state index contributed by atoms with van der Waals surface area (Å²) < 4.78 is 0. The average Bonchev–Trinajstić information content (AvgIpc) is 2.41. The summed E-state index contributed by atoms with van der Waals surface area (Å²) in [4.78, 5) is 23.0. The number of nitrogen functional groups attached to an aromatic ring is 1. The van der Waals surface area contributed by atoms with E-state index < -0.39 is 11.5 Å². The van der Waals surface area contributed by atoms with Crippen molar-refractivity contribution >= 4 is 5.91 Å². The van der Waals surface area contributed by atoms with E-state index in [-0.39, 0.29) is 5.56 Å². The molecule has 0 unspecified atom stereocenters. The fourth-order valence-corrected chi connectivity index (χ4v) is 1.80. The number of nitrogens with zero attached hydrogens (tertiary/aromatic N) is 1. The van der Waals surface area contributed by atoms with Crippen molar-refractivity contribution in [2.75, 3.05) is 0 Å². The van der Waals surface area contributed by atoms with Crippen molar-refractivity contribution in [3.8, 4) is 11.3 Å². The minimum Gasteiger partial charge on any atom is -0.290 e. The van der Waals surface area contributed by atoms with E-state index in [2.05, 4.69) is 10.2 Å². The van der Waals surface area contributed by atoms with Crippen LogP contribution in [-0.4, -0.2) is 16.1 Å². The summed E-state index contributed by atoms with van der Waals surface area (Å²) >= 11 is 0. The van der Waals surface area contributed by atoms with Crippen LogP contribution in [0.2, 0.25) is 0 Å². The van der Waals surface area contributed by atoms with E-state index in [0.29, 0.717) is 5.69 Å². The van der Waals surface area contributed by atoms with Gasteiger partial charge in [-0.15, -0.1) is 0 Å². The fraction of sp³-hybridized carbons (Fsp3) is 0.154. The van der Waals surface area contributed by atoms with E-state index in [1.54, 1.807) is 0 Å². The zero-order valence-corrected chi connectivity index (χ0v) is 10.7. The topological polar surface area (TPSA) is 101 Å². The predicted molar refractivity (Wildman–Crippen MR) is 71.4 cm³/mol. The molecule has 19 heavy (non-hydrogen) atoms. The molecule has 98 valence electrons. The second-order valence-electron chi connectivity index (χ2n) is 4.29. The standard InChI is InChI=1S/C13H14N4O2/c1-7-3-4-8(2)9(5-7)11-6-10(12(18)15-14)13(19)17-16-11/h3-6H,14H2,1-2H3,(H,15,18)(H,17,19). The van der Waals surface area contributed by atoms with Crippen molar-refractivity contribution in [3.05, 3.63) is 51.3 Å². The number of hydrogen-bond acceptors (Lipinski definition) is 4. The molecule has 0 aliphatic carbocycles. The first kappa shape index (κ1) is 13.0. The highest BCUT2D eigenvalue weighted by Crippen LogP contribution is 2.22. The van der Waals surface area contributed by atoms with Gasteiger partial charge in [-0.05, 0) is 31.5 Å². The van der Waals surface area contributed by atoms with Crippen molar-refractivity contribution in [2.24, 2.45) is 5.84 Å². The van der Waals surface area contributed by atoms with Crippen molar-refractivity contribution in [3.63, 3.8) is 0 Å². The van der Waals surface area contributed by atoms with Gasteiger partial charge in [0.25, 0.3) is 11.5 Å². The summed E-state index contributed by atoms with van der Waals surface area (Å²) in [5, 5.41) is 6.28. The molecular weight excluding hydrogens is 244 g/mol. The number of aromatic amines is 1. The number of amides is 1. The zero-order valence-electron chi connectivity index (χ0n) is 10.7. The van der Waals surface area contributed by atoms with Crippen LogP contribution >= 0.6 is 0 Å². The van der Waals surface area contributed by atoms with Crippen LogP contribution in [0.5, 0.6) is 0 Å². The van der Waals surface area contributed by atoms with E-state index in [4.69, 9.17) is 5.84 Å². The minimum absolute atomic E-state index is 0.0617. The molecule has 0 spiro atoms. The molecule has 4 N–H and O–H groups in total. The molecule has 1 heterocycles. The van der Waals surface area contributed by atoms with Crippen molar-refractivity contribution in [2.45, 2.75) is 13.8 Å². The Bertz CT molecular complexity index is 691. The van der Waals surface area contributed by atoms with Gasteiger partial charge in [-0.25, -0.2) is 10.9 Å². The molecule has 0 aliphatic heterocycles. The lowest BCUT2D eigenvalue weighted by Gasteiger charge is -2.07. The van der Waals surface area contributed by atoms with Crippen LogP contribution in [0.3, 0.4) is 0 Å². The van der Waals surface area contributed by atoms with Crippen LogP contribution in [0.25, 0.3) is 11.3 Å². The highest BCUT2D eigenvalue weighted by atomic mass is 16.2. The Hall–Kier alpha value is -2.47. The van der Waals surface area contributed by atoms with E-state index in [1.807, 2.05) is 37.5 Å². The maximum atomic E-state index is 11.5. The molecule has 0 saturated heterocycles. The average molecular weight is 258 g/mol. The highest BCUT2D eigenvalue weighted by molar-refractivity contribution is 5.94. The Morgan fingerprint density at radius 1 is 1.32 bits per heavy atom. The summed E-state index contributed by atoms with van der Waals surface area (Å²) in [5.74, 6) is 4.40. The van der Waals surface area contributed by atoms with Gasteiger partial charge in [0, 0.05) is 5.56 Å². The molecule has 0 radical (unpaired) electrons. The second-order valence-corrected chi connectivity index (χ2v) is 4.29. The van der Waals surface area contributed by atoms with Crippen LogP contribution in [0.15, 0.2) is 29.1 Å². The van der Waals surface area contributed by atoms with E-state index in [9.17, 15) is 9.59 Å². The Morgan fingerprint density at radius 2 is 2.05 bits per heavy atom. The summed E-state index contributed by atoms with van der Waals surface area (Å²) in [5.41, 5.74) is 4.77. The van der Waals surface area contributed by atoms with Gasteiger partial charge in [0.2, 0.25) is 0 Å². The number of nitrogens with one attached hydrogen (secondary N) is 2. The van der Waals surface area contributed by atoms with E-state index >= 15 is 0 Å². The molecule has 0 fully saturated rings. The molecule has 0 aliphatic rings. The van der Waals surface area contributed by atoms with Crippen molar-refractivity contribution in [1.29, 1.82) is 0 Å². The second kappa shape index (κ2) is 5.03. The quantitative estimate of drug-likeness (QED) is 0.418. The van der Waals surface area contributed by atoms with Gasteiger partial charge in [0.15, 0.2) is 0 Å². The molecule has 1 aromatic heterocycles. The van der Waals surface area contributed by atoms with Crippen LogP contribution < -0.4 is 16.8 Å². The third-order valence-electron chi connectivity index (χ3n) is 2.85. The third kappa shape index (κ3) is 2.53. The van der Waals surface area contributed by atoms with Crippen molar-refractivity contribution in [1.82, 2.24) is 15.6 Å². The molecule has 6 heteroatoms. The SMILES string of the molecule is Cc1ccc(C)c(-c2cc(C(=O)NN)c(=O)[nH]n2)c1. The maximum Gasteiger partial charge on any atom is 0.277 e. The number of H-pyrrole nitrogens is 1. The van der Waals surface area contributed by atoms with Gasteiger partial charge in [0.05, 0.1) is 5.69 Å². The molecule has 0 saturated carbocycles. The number of rotatable bonds is 2. The van der Waals surface area contributed by atoms with Crippen LogP contribution in [-0.2, 0) is 0 Å². The number of hydrogen-bond donors (Lipinski definition) is 3. The summed E-state index contributed by atoms with van der Waals surface area (Å²) in [6, 6.07) is 7.32. The summed E-state index contributed by atoms with van der Waals surface area (Å²) in [6.07, 6.45) is 0. The van der Waals surface area contributed by atoms with Gasteiger partial charge in [0.1, 0.15) is 5.56 Å². The first-order chi connectivity index (χ1) is 9.02. The van der Waals surface area contributed by atoms with Crippen LogP contribution in [0, 0.1) is 13.8 Å². The molecule has 0 atom stereocenters. The number of benzene rings is 1. The van der Waals surface area contributed by atoms with Gasteiger partial charge >= 0.3 is 0 Å². The molecule has 2 aromatic rings. The van der Waals surface area contributed by atoms with Gasteiger partial charge in [-0.2, -0.15) is 5.10 Å². The lowest BCUT2D eigenvalue weighted by molar-refractivity contribution is 0.0952. The molecule has 6 nitrogen and oxygen atoms in total. The smallest absolute Gasteiger partial charge is 0.277 e. The number of aromatic nitrogens is 2. The predicted octanol–water partition coefficient (Wildman–Crippen LogP) is 0.657. The van der Waals surface area contributed by atoms with Crippen LogP contribution in [0.1, 0.15) is 21.5 Å². The monoisotopic (exact) mass is 258 g/mol. The molecule has 0 bridgehead atoms. The Balaban J connectivity index is 2.61. The molecule has 1 amide bonds. The van der Waals surface area contributed by atoms with E-state index in [0.717, 1.165) is 16.7 Å². The molecular formula is C13H14N4O2. The Kier molecular flexibility index (Phi) is 3.43. The first-order valence-corrected chi connectivity index (χ1v) is 5.71. The third-order valence-corrected chi connectivity index (χ3v) is 2.85. The fourth-order valence-electron chi connectivity index (χ4n) is 1.80. The van der Waals surface area contributed by atoms with Crippen LogP contribution in [0.4, 0.5) is 0 Å². The minimum atomic E-state index is -0.643. The zero-order chi connectivity index (χ0) is 14.0. The lowest BCUT2D eigenvalue weighted by Crippen LogP contribution is -2.34. The largest absolute Gasteiger partial charge is 0.290 e. The molecule has 1 aromatic carbocycles. The van der Waals surface area contributed by atoms with Gasteiger partial charge < -0.3 is 0 Å². The summed E-state index contributed by atoms with van der Waals surface area (Å²) in [6.45, 7) is 3.90. The number of hydrazine groups is 1. The van der Waals surface area contributed by atoms with Gasteiger partial charge in [-0.1, -0.05) is 17.7 Å². The highest BCUT2D eigenvalue weighted by Gasteiger charge is 2.13. The number of carbonyl (C=O) groups is 1. The van der Waals surface area contributed by atoms with Crippen molar-refractivity contribution < 1.29 is 4.79 Å². The van der Waals surface area contributed by atoms with Gasteiger partial charge in [-0.3, -0.25) is 15.0 Å². The Morgan fingerprint density at radius 3 is 2.74 bits per heavy atom. The first-order valence-electron chi connectivity index (χ1n) is 5.71. The number of nitrogens with two attached hydrogens (primary N) is 1. The summed E-state index contributed by atoms with van der Waals surface area (Å²) in [7, 11) is 0. The van der Waals surface area contributed by atoms with E-state index in [1.165, 1.54) is 6.07 Å².